The van der Waals surface area contributed by atoms with Gasteiger partial charge in [-0.15, -0.1) is 0 Å². The number of carbonyl (C=O) groups is 3. The van der Waals surface area contributed by atoms with Gasteiger partial charge >= 0.3 is 12.1 Å². The summed E-state index contributed by atoms with van der Waals surface area (Å²) in [5.74, 6) is -1.47. The molecule has 8 heteroatoms. The molecule has 0 unspecified atom stereocenters. The van der Waals surface area contributed by atoms with Crippen molar-refractivity contribution in [3.63, 3.8) is 0 Å². The van der Waals surface area contributed by atoms with Crippen LogP contribution in [0.2, 0.25) is 0 Å². The molecule has 2 aromatic carbocycles. The normalized spacial score (nSPS) is 15.1. The molecule has 2 N–H and O–H groups in total. The summed E-state index contributed by atoms with van der Waals surface area (Å²) in [7, 11) is 1.46. The van der Waals surface area contributed by atoms with Crippen LogP contribution in [0.4, 0.5) is 10.6 Å². The molecule has 1 fully saturated rings. The third-order valence-corrected chi connectivity index (χ3v) is 6.61. The molecule has 2 aliphatic rings. The van der Waals surface area contributed by atoms with Crippen LogP contribution in [0, 0.1) is 0 Å². The summed E-state index contributed by atoms with van der Waals surface area (Å²) in [5.41, 5.74) is 3.37. The summed E-state index contributed by atoms with van der Waals surface area (Å²) in [4.78, 5) is 42.2. The van der Waals surface area contributed by atoms with Gasteiger partial charge in [0.05, 0.1) is 0 Å². The first-order chi connectivity index (χ1) is 16.4. The SMILES string of the molecule is CN(C(=O)c1cccc(NC(=O)OCC2c3ccccc3-c3ccccc32)n1)C1(C(=O)O)CC1. The summed E-state index contributed by atoms with van der Waals surface area (Å²) >= 11 is 0. The van der Waals surface area contributed by atoms with Crippen LogP contribution in [0.15, 0.2) is 66.7 Å². The quantitative estimate of drug-likeness (QED) is 0.576. The summed E-state index contributed by atoms with van der Waals surface area (Å²) in [6, 6.07) is 20.7. The number of pyridine rings is 1. The molecule has 1 aromatic heterocycles. The minimum atomic E-state index is -1.17. The molecule has 172 valence electrons. The van der Waals surface area contributed by atoms with Gasteiger partial charge in [-0.2, -0.15) is 0 Å². The van der Waals surface area contributed by atoms with Gasteiger partial charge in [-0.1, -0.05) is 54.6 Å². The van der Waals surface area contributed by atoms with E-state index in [-0.39, 0.29) is 24.0 Å². The lowest BCUT2D eigenvalue weighted by Gasteiger charge is -2.24. The van der Waals surface area contributed by atoms with Gasteiger partial charge in [-0.25, -0.2) is 14.6 Å². The van der Waals surface area contributed by atoms with Gasteiger partial charge < -0.3 is 14.7 Å². The lowest BCUT2D eigenvalue weighted by Crippen LogP contribution is -2.44. The largest absolute Gasteiger partial charge is 0.479 e. The number of rotatable bonds is 6. The van der Waals surface area contributed by atoms with Crippen molar-refractivity contribution in [3.05, 3.63) is 83.6 Å². The number of carboxylic acid groups (broad SMARTS) is 1. The fourth-order valence-electron chi connectivity index (χ4n) is 4.54. The van der Waals surface area contributed by atoms with Crippen molar-refractivity contribution in [2.24, 2.45) is 0 Å². The molecule has 1 saturated carbocycles. The van der Waals surface area contributed by atoms with Crippen molar-refractivity contribution in [3.8, 4) is 11.1 Å². The molecule has 0 radical (unpaired) electrons. The molecule has 5 rings (SSSR count). The smallest absolute Gasteiger partial charge is 0.412 e. The second kappa shape index (κ2) is 8.30. The highest BCUT2D eigenvalue weighted by Crippen LogP contribution is 2.44. The molecule has 3 aromatic rings. The lowest BCUT2D eigenvalue weighted by molar-refractivity contribution is -0.143. The molecule has 8 nitrogen and oxygen atoms in total. The highest BCUT2D eigenvalue weighted by molar-refractivity contribution is 5.98. The zero-order valence-corrected chi connectivity index (χ0v) is 18.5. The number of hydrogen-bond acceptors (Lipinski definition) is 5. The number of carbonyl (C=O) groups excluding carboxylic acids is 2. The van der Waals surface area contributed by atoms with E-state index in [9.17, 15) is 19.5 Å². The predicted molar refractivity (Wildman–Crippen MR) is 125 cm³/mol. The van der Waals surface area contributed by atoms with Gasteiger partial charge in [0.2, 0.25) is 0 Å². The Morgan fingerprint density at radius 1 is 1.00 bits per heavy atom. The second-order valence-electron chi connectivity index (χ2n) is 8.56. The Morgan fingerprint density at radius 3 is 2.21 bits per heavy atom. The van der Waals surface area contributed by atoms with Gasteiger partial charge in [0.15, 0.2) is 0 Å². The number of aromatic nitrogens is 1. The number of aliphatic carboxylic acids is 1. The molecular weight excluding hydrogens is 434 g/mol. The zero-order valence-electron chi connectivity index (χ0n) is 18.5. The van der Waals surface area contributed by atoms with Crippen LogP contribution < -0.4 is 5.32 Å². The molecule has 0 saturated heterocycles. The van der Waals surface area contributed by atoms with E-state index in [1.165, 1.54) is 18.0 Å². The second-order valence-corrected chi connectivity index (χ2v) is 8.56. The molecule has 34 heavy (non-hydrogen) atoms. The predicted octanol–water partition coefficient (Wildman–Crippen LogP) is 4.13. The van der Waals surface area contributed by atoms with Crippen LogP contribution in [-0.4, -0.2) is 52.2 Å². The van der Waals surface area contributed by atoms with Crippen LogP contribution in [0.3, 0.4) is 0 Å². The first-order valence-corrected chi connectivity index (χ1v) is 11.0. The monoisotopic (exact) mass is 457 g/mol. The number of amides is 2. The van der Waals surface area contributed by atoms with E-state index >= 15 is 0 Å². The van der Waals surface area contributed by atoms with Crippen LogP contribution in [0.5, 0.6) is 0 Å². The highest BCUT2D eigenvalue weighted by atomic mass is 16.5. The summed E-state index contributed by atoms with van der Waals surface area (Å²) in [5, 5.41) is 12.0. The Labute approximate surface area is 196 Å². The first-order valence-electron chi connectivity index (χ1n) is 11.0. The van der Waals surface area contributed by atoms with E-state index in [4.69, 9.17) is 4.74 Å². The molecule has 1 heterocycles. The van der Waals surface area contributed by atoms with Gasteiger partial charge in [-0.05, 0) is 47.2 Å². The first kappa shape index (κ1) is 21.6. The van der Waals surface area contributed by atoms with Crippen molar-refractivity contribution in [1.82, 2.24) is 9.88 Å². The Bertz CT molecular complexity index is 1260. The zero-order chi connectivity index (χ0) is 23.9. The molecule has 2 amide bonds. The number of ether oxygens (including phenoxy) is 1. The molecule has 0 bridgehead atoms. The van der Waals surface area contributed by atoms with E-state index in [1.54, 1.807) is 12.1 Å². The van der Waals surface area contributed by atoms with Crippen LogP contribution in [-0.2, 0) is 9.53 Å². The summed E-state index contributed by atoms with van der Waals surface area (Å²) in [6.45, 7) is 0.155. The van der Waals surface area contributed by atoms with Crippen LogP contribution in [0.25, 0.3) is 11.1 Å². The van der Waals surface area contributed by atoms with Crippen molar-refractivity contribution in [1.29, 1.82) is 0 Å². The minimum Gasteiger partial charge on any atom is -0.479 e. The van der Waals surface area contributed by atoms with Gasteiger partial charge in [0.1, 0.15) is 23.7 Å². The van der Waals surface area contributed by atoms with Gasteiger partial charge in [0, 0.05) is 13.0 Å². The number of benzene rings is 2. The number of nitrogens with zero attached hydrogens (tertiary/aromatic N) is 2. The number of likely N-dealkylation sites (N-methyl/N-ethyl adjacent to an activating group) is 1. The lowest BCUT2D eigenvalue weighted by atomic mass is 9.98. The number of anilines is 1. The maximum absolute atomic E-state index is 12.8. The average molecular weight is 457 g/mol. The third-order valence-electron chi connectivity index (χ3n) is 6.61. The van der Waals surface area contributed by atoms with Crippen molar-refractivity contribution >= 4 is 23.8 Å². The van der Waals surface area contributed by atoms with Crippen molar-refractivity contribution < 1.29 is 24.2 Å². The topological polar surface area (TPSA) is 109 Å². The van der Waals surface area contributed by atoms with E-state index in [0.29, 0.717) is 12.8 Å². The van der Waals surface area contributed by atoms with Gasteiger partial charge in [-0.3, -0.25) is 10.1 Å². The molecule has 0 spiro atoms. The Balaban J connectivity index is 1.26. The number of fused-ring (bicyclic) bond motifs is 3. The van der Waals surface area contributed by atoms with E-state index in [2.05, 4.69) is 22.4 Å². The highest BCUT2D eigenvalue weighted by Gasteiger charge is 2.55. The Morgan fingerprint density at radius 2 is 1.62 bits per heavy atom. The third kappa shape index (κ3) is 3.67. The van der Waals surface area contributed by atoms with Crippen molar-refractivity contribution in [2.75, 3.05) is 19.0 Å². The molecular formula is C26H23N3O5. The summed E-state index contributed by atoms with van der Waals surface area (Å²) in [6.07, 6.45) is 0.126. The molecule has 2 aliphatic carbocycles. The maximum Gasteiger partial charge on any atom is 0.412 e. The summed E-state index contributed by atoms with van der Waals surface area (Å²) < 4.78 is 5.52. The fraction of sp³-hybridized carbons (Fsp3) is 0.231. The van der Waals surface area contributed by atoms with Crippen LogP contribution in [0.1, 0.15) is 40.4 Å². The standard InChI is InChI=1S/C26H23N3O5/c1-29(26(13-14-26)24(31)32)23(30)21-11-6-12-22(27-21)28-25(33)34-15-20-18-9-4-2-7-16(18)17-8-3-5-10-19(17)20/h2-12,20H,13-15H2,1H3,(H,31,32)(H,27,28,33). The van der Waals surface area contributed by atoms with E-state index in [1.807, 2.05) is 36.4 Å². The van der Waals surface area contributed by atoms with Crippen molar-refractivity contribution in [2.45, 2.75) is 24.3 Å². The maximum atomic E-state index is 12.8. The van der Waals surface area contributed by atoms with Crippen LogP contribution >= 0.6 is 0 Å². The molecule has 0 aliphatic heterocycles. The Kier molecular flexibility index (Phi) is 5.28. The molecule has 0 atom stereocenters. The number of nitrogens with one attached hydrogen (secondary N) is 1. The minimum absolute atomic E-state index is 0.0477. The fourth-order valence-corrected chi connectivity index (χ4v) is 4.54. The number of hydrogen-bond donors (Lipinski definition) is 2. The number of carboxylic acids is 1. The van der Waals surface area contributed by atoms with Gasteiger partial charge in [0.25, 0.3) is 5.91 Å². The Hall–Kier alpha value is -4.20. The van der Waals surface area contributed by atoms with E-state index < -0.39 is 23.5 Å². The van der Waals surface area contributed by atoms with E-state index in [0.717, 1.165) is 22.3 Å². The average Bonchev–Trinajstić information content (AvgIpc) is 3.61.